The van der Waals surface area contributed by atoms with Gasteiger partial charge in [-0.2, -0.15) is 0 Å². The van der Waals surface area contributed by atoms with E-state index in [0.717, 1.165) is 95.9 Å². The fourth-order valence-electron chi connectivity index (χ4n) is 5.69. The Bertz CT molecular complexity index is 1280. The van der Waals surface area contributed by atoms with Crippen LogP contribution in [0.1, 0.15) is 75.1 Å². The molecule has 1 aliphatic carbocycles. The molecule has 9 heteroatoms. The monoisotopic (exact) mass is 661 g/mol. The van der Waals surface area contributed by atoms with Gasteiger partial charge < -0.3 is 20.5 Å². The number of ketones is 1. The molecule has 0 saturated heterocycles. The second-order valence-electron chi connectivity index (χ2n) is 12.3. The molecule has 264 valence electrons. The molecule has 1 heterocycles. The summed E-state index contributed by atoms with van der Waals surface area (Å²) < 4.78 is 10.8. The lowest BCUT2D eigenvalue weighted by atomic mass is 9.88. The lowest BCUT2D eigenvalue weighted by Crippen LogP contribution is -2.36. The number of pyridine rings is 1. The van der Waals surface area contributed by atoms with Crippen molar-refractivity contribution in [1.82, 2.24) is 20.1 Å². The molecule has 2 rings (SSSR count). The van der Waals surface area contributed by atoms with Gasteiger partial charge >= 0.3 is 5.97 Å². The molecule has 48 heavy (non-hydrogen) atoms. The average Bonchev–Trinajstić information content (AvgIpc) is 3.08. The number of Topliss-reactive ketones (excluding diaryl/α,β-unsaturated/α-hetero) is 1. The van der Waals surface area contributed by atoms with Crippen LogP contribution in [0.5, 0.6) is 0 Å². The quantitative estimate of drug-likeness (QED) is 0.0328. The Kier molecular flexibility index (Phi) is 20.0. The maximum absolute atomic E-state index is 12.1. The van der Waals surface area contributed by atoms with E-state index in [0.29, 0.717) is 17.9 Å². The van der Waals surface area contributed by atoms with Crippen LogP contribution in [0.3, 0.4) is 0 Å². The number of nitrogens with two attached hydrogens (primary N) is 1. The minimum Gasteiger partial charge on any atom is -0.465 e. The van der Waals surface area contributed by atoms with Crippen LogP contribution in [0.25, 0.3) is 0 Å². The summed E-state index contributed by atoms with van der Waals surface area (Å²) in [7, 11) is 1.35. The Morgan fingerprint density at radius 1 is 1.15 bits per heavy atom. The van der Waals surface area contributed by atoms with Gasteiger partial charge in [0, 0.05) is 57.9 Å². The number of rotatable bonds is 25. The van der Waals surface area contributed by atoms with Crippen molar-refractivity contribution in [3.8, 4) is 0 Å². The van der Waals surface area contributed by atoms with Gasteiger partial charge in [0.15, 0.2) is 5.78 Å². The van der Waals surface area contributed by atoms with E-state index < -0.39 is 5.97 Å². The number of esters is 1. The zero-order valence-corrected chi connectivity index (χ0v) is 29.8. The van der Waals surface area contributed by atoms with Gasteiger partial charge in [0.1, 0.15) is 5.69 Å². The zero-order chi connectivity index (χ0) is 35.1. The summed E-state index contributed by atoms with van der Waals surface area (Å²) in [5.74, 6) is -0.206. The van der Waals surface area contributed by atoms with E-state index in [4.69, 9.17) is 20.2 Å². The summed E-state index contributed by atoms with van der Waals surface area (Å²) in [6, 6.07) is 5.87. The number of allylic oxidation sites excluding steroid dienone is 4. The van der Waals surface area contributed by atoms with E-state index in [2.05, 4.69) is 60.3 Å². The molecule has 0 aromatic carbocycles. The highest BCUT2D eigenvalue weighted by Gasteiger charge is 2.29. The van der Waals surface area contributed by atoms with Crippen LogP contribution in [-0.4, -0.2) is 92.7 Å². The minimum atomic E-state index is -0.430. The molecule has 2 atom stereocenters. The predicted octanol–water partition coefficient (Wildman–Crippen LogP) is 5.95. The number of carbonyl (C=O) groups excluding carboxylic acids is 2. The largest absolute Gasteiger partial charge is 0.465 e. The summed E-state index contributed by atoms with van der Waals surface area (Å²) in [6.07, 6.45) is 18.7. The van der Waals surface area contributed by atoms with Crippen LogP contribution in [0.4, 0.5) is 0 Å². The standard InChI is InChI=1S/C39H59N5O4/c1-7-22-41-23-26-43(30-31(3)14-12-15-32(4)39(46)47-6)27-29-48-28-11-9-10-25-44(24-8-2)38(34-18-20-35(40)21-19-34)37-17-13-16-36(42-37)33(5)45/h7,12-18,20-21,34,38,41H,1,4,8-11,19,22-30,40H2,2-3,5-6H3/b15-12-,31-14+. The zero-order valence-electron chi connectivity index (χ0n) is 29.8. The maximum Gasteiger partial charge on any atom is 0.337 e. The van der Waals surface area contributed by atoms with Gasteiger partial charge in [-0.15, -0.1) is 6.58 Å². The van der Waals surface area contributed by atoms with Crippen molar-refractivity contribution in [3.63, 3.8) is 0 Å². The molecule has 0 amide bonds. The van der Waals surface area contributed by atoms with Gasteiger partial charge in [-0.3, -0.25) is 14.6 Å². The molecule has 0 bridgehead atoms. The number of hydrogen-bond acceptors (Lipinski definition) is 9. The second kappa shape index (κ2) is 23.7. The van der Waals surface area contributed by atoms with Gasteiger partial charge in [-0.25, -0.2) is 9.78 Å². The van der Waals surface area contributed by atoms with Crippen molar-refractivity contribution < 1.29 is 19.1 Å². The third-order valence-electron chi connectivity index (χ3n) is 8.18. The number of unbranched alkanes of at least 4 members (excludes halogenated alkanes) is 2. The van der Waals surface area contributed by atoms with Gasteiger partial charge in [-0.1, -0.05) is 55.5 Å². The Labute approximate surface area is 289 Å². The highest BCUT2D eigenvalue weighted by molar-refractivity contribution is 5.92. The van der Waals surface area contributed by atoms with Crippen LogP contribution in [0.2, 0.25) is 0 Å². The first-order valence-electron chi connectivity index (χ1n) is 17.3. The Balaban J connectivity index is 1.88. The SMILES string of the molecule is C=CCNCCN(CCOCCCCCN(CCC)C(c1cccc(C(C)=O)n1)C1C=CC(N)=CC1)C/C(C)=C/C=C\C(=C)C(=O)OC. The summed E-state index contributed by atoms with van der Waals surface area (Å²) >= 11 is 0. The Hall–Kier alpha value is -3.63. The number of carbonyl (C=O) groups is 2. The van der Waals surface area contributed by atoms with Crippen LogP contribution in [0.15, 0.2) is 90.7 Å². The van der Waals surface area contributed by atoms with E-state index in [1.807, 2.05) is 30.4 Å². The molecule has 1 aromatic rings. The number of nitrogens with zero attached hydrogens (tertiary/aromatic N) is 3. The number of ether oxygens (including phenoxy) is 2. The summed E-state index contributed by atoms with van der Waals surface area (Å²) in [5.41, 5.74) is 9.80. The van der Waals surface area contributed by atoms with Gasteiger partial charge in [0.05, 0.1) is 31.0 Å². The van der Waals surface area contributed by atoms with Crippen LogP contribution >= 0.6 is 0 Å². The average molecular weight is 662 g/mol. The van der Waals surface area contributed by atoms with Crippen LogP contribution < -0.4 is 11.1 Å². The van der Waals surface area contributed by atoms with Gasteiger partial charge in [-0.05, 0) is 76.4 Å². The molecule has 1 aromatic heterocycles. The number of methoxy groups -OCH3 is 1. The fourth-order valence-corrected chi connectivity index (χ4v) is 5.69. The summed E-state index contributed by atoms with van der Waals surface area (Å²) in [4.78, 5) is 33.4. The van der Waals surface area contributed by atoms with E-state index >= 15 is 0 Å². The van der Waals surface area contributed by atoms with Crippen molar-refractivity contribution in [1.29, 1.82) is 0 Å². The first-order chi connectivity index (χ1) is 23.2. The smallest absolute Gasteiger partial charge is 0.337 e. The highest BCUT2D eigenvalue weighted by atomic mass is 16.5. The number of hydrogen-bond donors (Lipinski definition) is 2. The lowest BCUT2D eigenvalue weighted by molar-refractivity contribution is -0.135. The number of aromatic nitrogens is 1. The lowest BCUT2D eigenvalue weighted by Gasteiger charge is -2.36. The molecule has 9 nitrogen and oxygen atoms in total. The van der Waals surface area contributed by atoms with Crippen molar-refractivity contribution in [2.24, 2.45) is 11.7 Å². The molecule has 0 aliphatic heterocycles. The molecule has 3 N–H and O–H groups in total. The highest BCUT2D eigenvalue weighted by Crippen LogP contribution is 2.34. The third kappa shape index (κ3) is 15.5. The van der Waals surface area contributed by atoms with E-state index in [-0.39, 0.29) is 17.7 Å². The molecule has 2 unspecified atom stereocenters. The summed E-state index contributed by atoms with van der Waals surface area (Å²) in [6.45, 7) is 20.8. The minimum absolute atomic E-state index is 0.0173. The molecule has 1 aliphatic rings. The van der Waals surface area contributed by atoms with Crippen molar-refractivity contribution >= 4 is 11.8 Å². The van der Waals surface area contributed by atoms with Crippen molar-refractivity contribution in [2.45, 2.75) is 58.9 Å². The van der Waals surface area contributed by atoms with Gasteiger partial charge in [0.25, 0.3) is 0 Å². The Morgan fingerprint density at radius 2 is 1.96 bits per heavy atom. The first kappa shape index (κ1) is 40.5. The van der Waals surface area contributed by atoms with Crippen molar-refractivity contribution in [3.05, 3.63) is 102 Å². The normalized spacial score (nSPS) is 15.6. The fraction of sp³-hybridized carbons (Fsp3) is 0.513. The van der Waals surface area contributed by atoms with E-state index in [1.54, 1.807) is 19.1 Å². The summed E-state index contributed by atoms with van der Waals surface area (Å²) in [5, 5.41) is 3.38. The third-order valence-corrected chi connectivity index (χ3v) is 8.18. The predicted molar refractivity (Wildman–Crippen MR) is 197 cm³/mol. The molecular formula is C39H59N5O4. The van der Waals surface area contributed by atoms with Gasteiger partial charge in [0.2, 0.25) is 0 Å². The molecular weight excluding hydrogens is 602 g/mol. The Morgan fingerprint density at radius 3 is 2.65 bits per heavy atom. The van der Waals surface area contributed by atoms with Crippen LogP contribution in [0, 0.1) is 5.92 Å². The van der Waals surface area contributed by atoms with Crippen LogP contribution in [-0.2, 0) is 14.3 Å². The van der Waals surface area contributed by atoms with E-state index in [1.165, 1.54) is 12.7 Å². The molecule has 0 radical (unpaired) electrons. The maximum atomic E-state index is 12.1. The first-order valence-corrected chi connectivity index (χ1v) is 17.3. The number of nitrogens with one attached hydrogen (secondary N) is 1. The molecule has 0 fully saturated rings. The van der Waals surface area contributed by atoms with Crippen molar-refractivity contribution in [2.75, 3.05) is 66.1 Å². The topological polar surface area (TPSA) is 110 Å². The second-order valence-corrected chi connectivity index (χ2v) is 12.3. The molecule has 0 spiro atoms. The molecule has 0 saturated carbocycles. The van der Waals surface area contributed by atoms with E-state index in [9.17, 15) is 9.59 Å².